The Morgan fingerprint density at radius 3 is 2.69 bits per heavy atom. The number of carbonyl (C=O) groups is 1. The van der Waals surface area contributed by atoms with Crippen LogP contribution in [0.5, 0.6) is 0 Å². The number of carboxylic acid groups (broad SMARTS) is 1. The maximum Gasteiger partial charge on any atom is 0.342 e. The summed E-state index contributed by atoms with van der Waals surface area (Å²) >= 11 is 0. The maximum atomic E-state index is 10.8. The van der Waals surface area contributed by atoms with E-state index in [-0.39, 0.29) is 11.6 Å². The fourth-order valence-corrected chi connectivity index (χ4v) is 1.14. The van der Waals surface area contributed by atoms with E-state index < -0.39 is 16.6 Å². The van der Waals surface area contributed by atoms with Crippen LogP contribution in [0.1, 0.15) is 24.2 Å². The molecule has 16 heavy (non-hydrogen) atoms. The second-order valence-electron chi connectivity index (χ2n) is 3.45. The van der Waals surface area contributed by atoms with Crippen molar-refractivity contribution in [1.82, 2.24) is 4.98 Å². The van der Waals surface area contributed by atoms with E-state index in [0.29, 0.717) is 5.82 Å². The molecule has 1 rings (SSSR count). The number of nitrogens with one attached hydrogen (secondary N) is 1. The summed E-state index contributed by atoms with van der Waals surface area (Å²) in [7, 11) is 0. The topological polar surface area (TPSA) is 105 Å². The fourth-order valence-electron chi connectivity index (χ4n) is 1.14. The molecule has 1 aromatic heterocycles. The first-order valence-electron chi connectivity index (χ1n) is 4.56. The van der Waals surface area contributed by atoms with Gasteiger partial charge in [-0.2, -0.15) is 0 Å². The number of hydrogen-bond donors (Lipinski definition) is 2. The quantitative estimate of drug-likeness (QED) is 0.594. The summed E-state index contributed by atoms with van der Waals surface area (Å²) in [5, 5.41) is 22.2. The Morgan fingerprint density at radius 2 is 2.25 bits per heavy atom. The second kappa shape index (κ2) is 4.56. The highest BCUT2D eigenvalue weighted by Gasteiger charge is 2.20. The molecule has 0 aliphatic rings. The highest BCUT2D eigenvalue weighted by atomic mass is 16.6. The number of rotatable bonds is 4. The summed E-state index contributed by atoms with van der Waals surface area (Å²) < 4.78 is 0. The van der Waals surface area contributed by atoms with Crippen molar-refractivity contribution in [3.05, 3.63) is 27.9 Å². The number of nitro groups is 1. The van der Waals surface area contributed by atoms with Gasteiger partial charge in [0, 0.05) is 12.1 Å². The van der Waals surface area contributed by atoms with Crippen LogP contribution in [0.15, 0.2) is 12.3 Å². The van der Waals surface area contributed by atoms with Crippen molar-refractivity contribution in [2.75, 3.05) is 5.32 Å². The zero-order chi connectivity index (χ0) is 12.3. The van der Waals surface area contributed by atoms with Crippen LogP contribution < -0.4 is 5.32 Å². The molecular weight excluding hydrogens is 214 g/mol. The van der Waals surface area contributed by atoms with Gasteiger partial charge in [0.05, 0.1) is 4.92 Å². The zero-order valence-corrected chi connectivity index (χ0v) is 8.80. The van der Waals surface area contributed by atoms with Crippen LogP contribution in [-0.4, -0.2) is 27.0 Å². The lowest BCUT2D eigenvalue weighted by Gasteiger charge is -2.09. The molecule has 0 fully saturated rings. The van der Waals surface area contributed by atoms with Crippen molar-refractivity contribution in [2.24, 2.45) is 0 Å². The van der Waals surface area contributed by atoms with Crippen LogP contribution in [0.3, 0.4) is 0 Å². The molecule has 0 atom stereocenters. The molecule has 0 saturated carbocycles. The number of carboxylic acids is 1. The number of aromatic nitrogens is 1. The van der Waals surface area contributed by atoms with E-state index in [4.69, 9.17) is 5.11 Å². The van der Waals surface area contributed by atoms with Gasteiger partial charge in [0.15, 0.2) is 0 Å². The maximum absolute atomic E-state index is 10.8. The third-order valence-electron chi connectivity index (χ3n) is 1.75. The lowest BCUT2D eigenvalue weighted by molar-refractivity contribution is -0.385. The van der Waals surface area contributed by atoms with E-state index in [1.165, 1.54) is 0 Å². The monoisotopic (exact) mass is 225 g/mol. The molecule has 0 aliphatic carbocycles. The Bertz CT molecular complexity index is 431. The summed E-state index contributed by atoms with van der Waals surface area (Å²) in [5.41, 5.74) is -0.884. The van der Waals surface area contributed by atoms with Gasteiger partial charge in [-0.15, -0.1) is 0 Å². The molecule has 0 aromatic carbocycles. The average molecular weight is 225 g/mol. The zero-order valence-electron chi connectivity index (χ0n) is 8.80. The van der Waals surface area contributed by atoms with Gasteiger partial charge in [-0.25, -0.2) is 9.78 Å². The molecule has 0 aliphatic heterocycles. The number of hydrogen-bond acceptors (Lipinski definition) is 5. The summed E-state index contributed by atoms with van der Waals surface area (Å²) in [6.07, 6.45) is 0.939. The third kappa shape index (κ3) is 2.66. The highest BCUT2D eigenvalue weighted by Crippen LogP contribution is 2.20. The van der Waals surface area contributed by atoms with Crippen LogP contribution >= 0.6 is 0 Å². The minimum atomic E-state index is -1.35. The molecule has 0 unspecified atom stereocenters. The Labute approximate surface area is 91.3 Å². The first kappa shape index (κ1) is 11.9. The van der Waals surface area contributed by atoms with E-state index in [1.807, 2.05) is 13.8 Å². The van der Waals surface area contributed by atoms with E-state index >= 15 is 0 Å². The Balaban J connectivity index is 3.17. The van der Waals surface area contributed by atoms with Crippen molar-refractivity contribution < 1.29 is 14.8 Å². The van der Waals surface area contributed by atoms with E-state index in [1.54, 1.807) is 0 Å². The number of aromatic carboxylic acids is 1. The van der Waals surface area contributed by atoms with E-state index in [2.05, 4.69) is 10.3 Å². The Hall–Kier alpha value is -2.18. The molecule has 7 nitrogen and oxygen atoms in total. The second-order valence-corrected chi connectivity index (χ2v) is 3.45. The number of anilines is 1. The van der Waals surface area contributed by atoms with Gasteiger partial charge in [-0.3, -0.25) is 10.1 Å². The number of nitrogens with zero attached hydrogens (tertiary/aromatic N) is 2. The molecular formula is C9H11N3O4. The van der Waals surface area contributed by atoms with Gasteiger partial charge in [0.25, 0.3) is 0 Å². The minimum absolute atomic E-state index is 0.0654. The SMILES string of the molecule is CC(C)Nc1cc(C(=O)O)c([N+](=O)[O-])cn1. The molecule has 7 heteroatoms. The lowest BCUT2D eigenvalue weighted by Crippen LogP contribution is -2.12. The van der Waals surface area contributed by atoms with Crippen LogP contribution in [-0.2, 0) is 0 Å². The molecule has 0 amide bonds. The molecule has 0 spiro atoms. The molecule has 86 valence electrons. The van der Waals surface area contributed by atoms with E-state index in [0.717, 1.165) is 12.3 Å². The fraction of sp³-hybridized carbons (Fsp3) is 0.333. The van der Waals surface area contributed by atoms with Gasteiger partial charge < -0.3 is 10.4 Å². The minimum Gasteiger partial charge on any atom is -0.477 e. The van der Waals surface area contributed by atoms with Gasteiger partial charge in [-0.05, 0) is 13.8 Å². The Morgan fingerprint density at radius 1 is 1.62 bits per heavy atom. The summed E-state index contributed by atoms with van der Waals surface area (Å²) in [6.45, 7) is 3.70. The Kier molecular flexibility index (Phi) is 3.39. The lowest BCUT2D eigenvalue weighted by atomic mass is 10.2. The molecule has 0 bridgehead atoms. The van der Waals surface area contributed by atoms with E-state index in [9.17, 15) is 14.9 Å². The highest BCUT2D eigenvalue weighted by molar-refractivity contribution is 5.93. The van der Waals surface area contributed by atoms with Crippen molar-refractivity contribution in [3.8, 4) is 0 Å². The molecule has 0 radical (unpaired) electrons. The van der Waals surface area contributed by atoms with Crippen LogP contribution in [0.4, 0.5) is 11.5 Å². The first-order valence-corrected chi connectivity index (χ1v) is 4.56. The smallest absolute Gasteiger partial charge is 0.342 e. The molecule has 2 N–H and O–H groups in total. The van der Waals surface area contributed by atoms with Crippen LogP contribution in [0.2, 0.25) is 0 Å². The first-order chi connectivity index (χ1) is 7.41. The standard InChI is InChI=1S/C9H11N3O4/c1-5(2)11-8-3-6(9(13)14)7(4-10-8)12(15)16/h3-5H,1-2H3,(H,10,11)(H,13,14). The summed E-state index contributed by atoms with van der Waals surface area (Å²) in [6, 6.07) is 1.22. The molecule has 1 aromatic rings. The van der Waals surface area contributed by atoms with Gasteiger partial charge in [0.2, 0.25) is 0 Å². The van der Waals surface area contributed by atoms with Gasteiger partial charge in [0.1, 0.15) is 17.6 Å². The van der Waals surface area contributed by atoms with Gasteiger partial charge >= 0.3 is 11.7 Å². The molecule has 1 heterocycles. The van der Waals surface area contributed by atoms with Crippen molar-refractivity contribution in [2.45, 2.75) is 19.9 Å². The van der Waals surface area contributed by atoms with Crippen LogP contribution in [0.25, 0.3) is 0 Å². The normalized spacial score (nSPS) is 10.2. The molecule has 0 saturated heterocycles. The number of pyridine rings is 1. The average Bonchev–Trinajstić information content (AvgIpc) is 2.16. The predicted molar refractivity (Wildman–Crippen MR) is 56.6 cm³/mol. The van der Waals surface area contributed by atoms with Crippen LogP contribution in [0, 0.1) is 10.1 Å². The summed E-state index contributed by atoms with van der Waals surface area (Å²) in [5.74, 6) is -1.04. The van der Waals surface area contributed by atoms with Crippen molar-refractivity contribution in [3.63, 3.8) is 0 Å². The summed E-state index contributed by atoms with van der Waals surface area (Å²) in [4.78, 5) is 24.3. The van der Waals surface area contributed by atoms with Crippen molar-refractivity contribution >= 4 is 17.5 Å². The third-order valence-corrected chi connectivity index (χ3v) is 1.75. The van der Waals surface area contributed by atoms with Crippen molar-refractivity contribution in [1.29, 1.82) is 0 Å². The van der Waals surface area contributed by atoms with Gasteiger partial charge in [-0.1, -0.05) is 0 Å². The predicted octanol–water partition coefficient (Wildman–Crippen LogP) is 1.51. The largest absolute Gasteiger partial charge is 0.477 e.